The highest BCUT2D eigenvalue weighted by molar-refractivity contribution is 7.99. The number of benzene rings is 1. The van der Waals surface area contributed by atoms with Gasteiger partial charge in [-0.3, -0.25) is 19.1 Å². The van der Waals surface area contributed by atoms with Crippen LogP contribution in [-0.4, -0.2) is 52.9 Å². The van der Waals surface area contributed by atoms with Crippen molar-refractivity contribution in [3.63, 3.8) is 0 Å². The molecule has 0 aliphatic carbocycles. The van der Waals surface area contributed by atoms with Crippen LogP contribution in [-0.2, 0) is 17.8 Å². The van der Waals surface area contributed by atoms with Crippen LogP contribution in [0.2, 0.25) is 0 Å². The number of aromatic nitrogens is 2. The van der Waals surface area contributed by atoms with Crippen molar-refractivity contribution in [1.29, 1.82) is 0 Å². The van der Waals surface area contributed by atoms with Gasteiger partial charge in [-0.2, -0.15) is 0 Å². The van der Waals surface area contributed by atoms with E-state index in [0.29, 0.717) is 28.5 Å². The zero-order valence-electron chi connectivity index (χ0n) is 18.2. The summed E-state index contributed by atoms with van der Waals surface area (Å²) >= 11 is 2.84. The maximum absolute atomic E-state index is 13.8. The van der Waals surface area contributed by atoms with E-state index < -0.39 is 0 Å². The average molecular weight is 471 g/mol. The van der Waals surface area contributed by atoms with Gasteiger partial charge in [-0.1, -0.05) is 30.8 Å². The number of carbonyl (C=O) groups is 1. The third-order valence-corrected chi connectivity index (χ3v) is 7.51. The zero-order valence-corrected chi connectivity index (χ0v) is 19.9. The molecular formula is C23H26N4O3S2. The maximum Gasteiger partial charge on any atom is 0.267 e. The number of thiophene rings is 1. The summed E-state index contributed by atoms with van der Waals surface area (Å²) in [5.74, 6) is 0.676. The van der Waals surface area contributed by atoms with Crippen molar-refractivity contribution in [1.82, 2.24) is 19.8 Å². The van der Waals surface area contributed by atoms with E-state index in [4.69, 9.17) is 9.72 Å². The first-order chi connectivity index (χ1) is 15.5. The second-order valence-electron chi connectivity index (χ2n) is 7.42. The third kappa shape index (κ3) is 4.46. The first-order valence-electron chi connectivity index (χ1n) is 10.5. The number of methoxy groups -OCH3 is 1. The number of nitrogens with zero attached hydrogens (tertiary/aromatic N) is 3. The SMILES string of the molecule is C=CCNC(=O)CSc1nc2sc3c(c2c(=O)n1-c1cccc(OC)c1)CCN(CC)C3. The number of hydrogen-bond acceptors (Lipinski definition) is 7. The smallest absolute Gasteiger partial charge is 0.267 e. The number of nitrogens with one attached hydrogen (secondary N) is 1. The van der Waals surface area contributed by atoms with Crippen molar-refractivity contribution < 1.29 is 9.53 Å². The van der Waals surface area contributed by atoms with Crippen LogP contribution in [0, 0.1) is 0 Å². The minimum Gasteiger partial charge on any atom is -0.497 e. The summed E-state index contributed by atoms with van der Waals surface area (Å²) in [4.78, 5) is 35.2. The number of hydrogen-bond donors (Lipinski definition) is 1. The normalized spacial score (nSPS) is 13.7. The lowest BCUT2D eigenvalue weighted by atomic mass is 10.1. The second kappa shape index (κ2) is 9.89. The van der Waals surface area contributed by atoms with E-state index in [2.05, 4.69) is 23.7 Å². The molecule has 0 unspecified atom stereocenters. The Morgan fingerprint density at radius 2 is 2.28 bits per heavy atom. The maximum atomic E-state index is 13.8. The summed E-state index contributed by atoms with van der Waals surface area (Å²) in [5, 5.41) is 3.96. The lowest BCUT2D eigenvalue weighted by Crippen LogP contribution is -2.30. The Morgan fingerprint density at radius 1 is 1.44 bits per heavy atom. The zero-order chi connectivity index (χ0) is 22.7. The van der Waals surface area contributed by atoms with Gasteiger partial charge in [0, 0.05) is 30.6 Å². The fourth-order valence-corrected chi connectivity index (χ4v) is 5.93. The molecule has 9 heteroatoms. The van der Waals surface area contributed by atoms with Gasteiger partial charge in [0.2, 0.25) is 5.91 Å². The fourth-order valence-electron chi connectivity index (χ4n) is 3.79. The highest BCUT2D eigenvalue weighted by Gasteiger charge is 2.25. The number of ether oxygens (including phenoxy) is 1. The van der Waals surface area contributed by atoms with Gasteiger partial charge in [-0.25, -0.2) is 4.98 Å². The topological polar surface area (TPSA) is 76.5 Å². The van der Waals surface area contributed by atoms with Gasteiger partial charge in [0.05, 0.1) is 23.9 Å². The van der Waals surface area contributed by atoms with E-state index in [-0.39, 0.29) is 17.2 Å². The summed E-state index contributed by atoms with van der Waals surface area (Å²) in [5.41, 5.74) is 1.69. The van der Waals surface area contributed by atoms with E-state index in [1.54, 1.807) is 29.1 Å². The minimum absolute atomic E-state index is 0.0975. The minimum atomic E-state index is -0.134. The van der Waals surface area contributed by atoms with Crippen LogP contribution in [0.3, 0.4) is 0 Å². The Morgan fingerprint density at radius 3 is 3.03 bits per heavy atom. The number of amides is 1. The Bertz CT molecular complexity index is 1220. The van der Waals surface area contributed by atoms with Crippen LogP contribution in [0.25, 0.3) is 15.9 Å². The van der Waals surface area contributed by atoms with E-state index >= 15 is 0 Å². The van der Waals surface area contributed by atoms with Gasteiger partial charge < -0.3 is 10.1 Å². The number of rotatable bonds is 8. The van der Waals surface area contributed by atoms with E-state index in [0.717, 1.165) is 36.4 Å². The van der Waals surface area contributed by atoms with Gasteiger partial charge in [-0.05, 0) is 30.7 Å². The summed E-state index contributed by atoms with van der Waals surface area (Å²) in [6, 6.07) is 7.35. The van der Waals surface area contributed by atoms with E-state index in [9.17, 15) is 9.59 Å². The van der Waals surface area contributed by atoms with Crippen molar-refractivity contribution in [3.05, 3.63) is 57.7 Å². The van der Waals surface area contributed by atoms with Crippen molar-refractivity contribution in [3.8, 4) is 11.4 Å². The molecule has 4 rings (SSSR count). The first kappa shape index (κ1) is 22.6. The predicted molar refractivity (Wildman–Crippen MR) is 130 cm³/mol. The molecule has 0 radical (unpaired) electrons. The molecule has 0 atom stereocenters. The van der Waals surface area contributed by atoms with Crippen molar-refractivity contribution in [2.24, 2.45) is 0 Å². The highest BCUT2D eigenvalue weighted by Crippen LogP contribution is 2.34. The van der Waals surface area contributed by atoms with E-state index in [1.165, 1.54) is 16.6 Å². The van der Waals surface area contributed by atoms with Crippen LogP contribution in [0.4, 0.5) is 0 Å². The van der Waals surface area contributed by atoms with E-state index in [1.807, 2.05) is 24.3 Å². The Labute approximate surface area is 195 Å². The number of thioether (sulfide) groups is 1. The molecule has 0 spiro atoms. The fraction of sp³-hybridized carbons (Fsp3) is 0.348. The molecule has 168 valence electrons. The van der Waals surface area contributed by atoms with Crippen molar-refractivity contribution in [2.75, 3.05) is 32.5 Å². The second-order valence-corrected chi connectivity index (χ2v) is 9.45. The molecule has 1 aromatic carbocycles. The summed E-state index contributed by atoms with van der Waals surface area (Å²) in [6.45, 7) is 8.94. The van der Waals surface area contributed by atoms with Gasteiger partial charge in [0.25, 0.3) is 5.56 Å². The van der Waals surface area contributed by atoms with Crippen LogP contribution in [0.5, 0.6) is 5.75 Å². The summed E-state index contributed by atoms with van der Waals surface area (Å²) < 4.78 is 6.97. The molecule has 1 N–H and O–H groups in total. The van der Waals surface area contributed by atoms with Crippen LogP contribution in [0.15, 0.2) is 46.9 Å². The van der Waals surface area contributed by atoms with Gasteiger partial charge in [0.1, 0.15) is 10.6 Å². The quantitative estimate of drug-likeness (QED) is 0.310. The molecule has 7 nitrogen and oxygen atoms in total. The molecule has 1 aliphatic rings. The Hall–Kier alpha value is -2.62. The van der Waals surface area contributed by atoms with Crippen molar-refractivity contribution >= 4 is 39.2 Å². The molecule has 0 saturated carbocycles. The Balaban J connectivity index is 1.83. The first-order valence-corrected chi connectivity index (χ1v) is 12.3. The summed E-state index contributed by atoms with van der Waals surface area (Å²) in [7, 11) is 1.59. The molecule has 32 heavy (non-hydrogen) atoms. The Kier molecular flexibility index (Phi) is 6.98. The molecule has 2 aromatic heterocycles. The van der Waals surface area contributed by atoms with Crippen LogP contribution in [0.1, 0.15) is 17.4 Å². The lowest BCUT2D eigenvalue weighted by Gasteiger charge is -2.25. The molecule has 1 amide bonds. The number of likely N-dealkylation sites (N-methyl/N-ethyl adjacent to an activating group) is 1. The molecule has 0 bridgehead atoms. The molecule has 0 saturated heterocycles. The third-order valence-electron chi connectivity index (χ3n) is 5.46. The van der Waals surface area contributed by atoms with Crippen LogP contribution >= 0.6 is 23.1 Å². The average Bonchev–Trinajstić information content (AvgIpc) is 3.19. The molecule has 1 aliphatic heterocycles. The van der Waals surface area contributed by atoms with Crippen LogP contribution < -0.4 is 15.6 Å². The number of fused-ring (bicyclic) bond motifs is 3. The number of carbonyl (C=O) groups excluding carboxylic acids is 1. The molecule has 3 heterocycles. The standard InChI is InChI=1S/C23H26N4O3S2/c1-4-10-24-19(28)14-31-23-25-21-20(17-9-11-26(5-2)13-18(17)32-21)22(29)27(23)15-7-6-8-16(12-15)30-3/h4,6-8,12H,1,5,9-11,13-14H2,2-3H3,(H,24,28). The highest BCUT2D eigenvalue weighted by atomic mass is 32.2. The predicted octanol–water partition coefficient (Wildman–Crippen LogP) is 3.23. The molecular weight excluding hydrogens is 444 g/mol. The lowest BCUT2D eigenvalue weighted by molar-refractivity contribution is -0.118. The largest absolute Gasteiger partial charge is 0.497 e. The van der Waals surface area contributed by atoms with Gasteiger partial charge in [-0.15, -0.1) is 17.9 Å². The van der Waals surface area contributed by atoms with Crippen molar-refractivity contribution in [2.45, 2.75) is 25.0 Å². The monoisotopic (exact) mass is 470 g/mol. The summed E-state index contributed by atoms with van der Waals surface area (Å²) in [6.07, 6.45) is 2.48. The van der Waals surface area contributed by atoms with Gasteiger partial charge >= 0.3 is 0 Å². The van der Waals surface area contributed by atoms with Gasteiger partial charge in [0.15, 0.2) is 5.16 Å². The molecule has 0 fully saturated rings. The molecule has 3 aromatic rings.